The van der Waals surface area contributed by atoms with Crippen molar-refractivity contribution in [2.45, 2.75) is 0 Å². The van der Waals surface area contributed by atoms with E-state index >= 15 is 0 Å². The van der Waals surface area contributed by atoms with Gasteiger partial charge in [-0.25, -0.2) is 10.2 Å². The van der Waals surface area contributed by atoms with E-state index in [2.05, 4.69) is 0 Å². The van der Waals surface area contributed by atoms with Gasteiger partial charge in [0, 0.05) is 18.5 Å². The quantitative estimate of drug-likeness (QED) is 0.536. The number of benzene rings is 1. The largest absolute Gasteiger partial charge is 0.403 e. The van der Waals surface area contributed by atoms with Crippen molar-refractivity contribution in [1.29, 1.82) is 5.26 Å². The number of nitriles is 1. The lowest BCUT2D eigenvalue weighted by Crippen LogP contribution is -2.25. The van der Waals surface area contributed by atoms with Crippen LogP contribution in [0.2, 0.25) is 0 Å². The van der Waals surface area contributed by atoms with E-state index in [4.69, 9.17) is 16.8 Å². The van der Waals surface area contributed by atoms with Gasteiger partial charge in [0.2, 0.25) is 0 Å². The zero-order chi connectivity index (χ0) is 10.6. The Morgan fingerprint density at radius 3 is 2.79 bits per heavy atom. The van der Waals surface area contributed by atoms with E-state index < -0.39 is 5.82 Å². The van der Waals surface area contributed by atoms with Gasteiger partial charge in [-0.15, -0.1) is 0 Å². The molecule has 0 aromatic heterocycles. The highest BCUT2D eigenvalue weighted by atomic mass is 19.1. The maximum Gasteiger partial charge on any atom is 0.125 e. The van der Waals surface area contributed by atoms with Crippen LogP contribution in [-0.2, 0) is 0 Å². The van der Waals surface area contributed by atoms with Gasteiger partial charge >= 0.3 is 0 Å². The summed E-state index contributed by atoms with van der Waals surface area (Å²) in [6, 6.07) is 5.62. The number of hydrogen-bond donors (Lipinski definition) is 2. The predicted octanol–water partition coefficient (Wildman–Crippen LogP) is 0.807. The number of nitrogens with two attached hydrogens (primary N) is 2. The highest BCUT2D eigenvalue weighted by Crippen LogP contribution is 2.18. The van der Waals surface area contributed by atoms with Gasteiger partial charge in [-0.3, -0.25) is 5.01 Å². The fraction of sp³-hybridized carbons (Fsp3) is 0. The van der Waals surface area contributed by atoms with Gasteiger partial charge in [0.05, 0.1) is 11.3 Å². The average molecular weight is 192 g/mol. The van der Waals surface area contributed by atoms with Crippen LogP contribution in [0.15, 0.2) is 30.6 Å². The molecular formula is C9H9FN4. The molecule has 1 aromatic rings. The summed E-state index contributed by atoms with van der Waals surface area (Å²) in [5.74, 6) is 5.04. The molecule has 0 radical (unpaired) electrons. The van der Waals surface area contributed by atoms with E-state index in [0.717, 1.165) is 5.01 Å². The van der Waals surface area contributed by atoms with E-state index in [-0.39, 0.29) is 11.3 Å². The van der Waals surface area contributed by atoms with E-state index in [0.29, 0.717) is 0 Å². The Morgan fingerprint density at radius 2 is 2.21 bits per heavy atom. The summed E-state index contributed by atoms with van der Waals surface area (Å²) in [4.78, 5) is 0. The molecule has 4 nitrogen and oxygen atoms in total. The first-order valence-corrected chi connectivity index (χ1v) is 3.81. The van der Waals surface area contributed by atoms with E-state index in [1.54, 1.807) is 0 Å². The SMILES string of the molecule is N#Cc1ccc(F)cc1N(N)/C=C\N. The summed E-state index contributed by atoms with van der Waals surface area (Å²) in [6.45, 7) is 0. The third kappa shape index (κ3) is 2.00. The van der Waals surface area contributed by atoms with E-state index in [1.807, 2.05) is 6.07 Å². The highest BCUT2D eigenvalue weighted by molar-refractivity contribution is 5.59. The van der Waals surface area contributed by atoms with Crippen molar-refractivity contribution in [1.82, 2.24) is 0 Å². The molecule has 14 heavy (non-hydrogen) atoms. The van der Waals surface area contributed by atoms with Crippen LogP contribution < -0.4 is 16.6 Å². The first-order chi connectivity index (χ1) is 6.69. The number of anilines is 1. The molecule has 0 aliphatic heterocycles. The summed E-state index contributed by atoms with van der Waals surface area (Å²) in [5, 5.41) is 9.80. The van der Waals surface area contributed by atoms with Crippen LogP contribution in [0, 0.1) is 17.1 Å². The molecule has 4 N–H and O–H groups in total. The minimum absolute atomic E-state index is 0.272. The van der Waals surface area contributed by atoms with Gasteiger partial charge in [0.25, 0.3) is 0 Å². The fourth-order valence-electron chi connectivity index (χ4n) is 0.986. The van der Waals surface area contributed by atoms with Crippen molar-refractivity contribution in [3.05, 3.63) is 42.0 Å². The topological polar surface area (TPSA) is 79.1 Å². The Morgan fingerprint density at radius 1 is 1.50 bits per heavy atom. The van der Waals surface area contributed by atoms with Gasteiger partial charge in [0.15, 0.2) is 0 Å². The average Bonchev–Trinajstić information content (AvgIpc) is 2.18. The van der Waals surface area contributed by atoms with Crippen molar-refractivity contribution in [2.75, 3.05) is 5.01 Å². The minimum Gasteiger partial charge on any atom is -0.403 e. The summed E-state index contributed by atoms with van der Waals surface area (Å²) >= 11 is 0. The molecule has 0 fully saturated rings. The van der Waals surface area contributed by atoms with Crippen LogP contribution in [0.4, 0.5) is 10.1 Å². The van der Waals surface area contributed by atoms with E-state index in [1.165, 1.54) is 30.6 Å². The molecule has 0 unspecified atom stereocenters. The number of rotatable bonds is 2. The van der Waals surface area contributed by atoms with Crippen LogP contribution in [0.25, 0.3) is 0 Å². The first-order valence-electron chi connectivity index (χ1n) is 3.81. The Labute approximate surface area is 80.8 Å². The summed E-state index contributed by atoms with van der Waals surface area (Å²) in [6.07, 6.45) is 2.53. The number of hydrazine groups is 1. The van der Waals surface area contributed by atoms with Crippen LogP contribution in [0.3, 0.4) is 0 Å². The molecule has 0 amide bonds. The van der Waals surface area contributed by atoms with Crippen LogP contribution in [-0.4, -0.2) is 0 Å². The molecule has 0 heterocycles. The second kappa shape index (κ2) is 4.25. The van der Waals surface area contributed by atoms with Gasteiger partial charge in [-0.05, 0) is 12.1 Å². The zero-order valence-corrected chi connectivity index (χ0v) is 7.31. The van der Waals surface area contributed by atoms with Crippen LogP contribution in [0.1, 0.15) is 5.56 Å². The maximum atomic E-state index is 12.8. The lowest BCUT2D eigenvalue weighted by Gasteiger charge is -2.14. The molecule has 1 aromatic carbocycles. The summed E-state index contributed by atoms with van der Waals surface area (Å²) < 4.78 is 12.8. The lowest BCUT2D eigenvalue weighted by molar-refractivity contribution is 0.627. The van der Waals surface area contributed by atoms with Crippen LogP contribution >= 0.6 is 0 Å². The minimum atomic E-state index is -0.458. The van der Waals surface area contributed by atoms with Crippen LogP contribution in [0.5, 0.6) is 0 Å². The molecule has 0 saturated heterocycles. The maximum absolute atomic E-state index is 12.8. The van der Waals surface area contributed by atoms with Gasteiger partial charge < -0.3 is 5.73 Å². The number of hydrogen-bond acceptors (Lipinski definition) is 4. The van der Waals surface area contributed by atoms with Crippen molar-refractivity contribution < 1.29 is 4.39 Å². The van der Waals surface area contributed by atoms with Crippen molar-refractivity contribution >= 4 is 5.69 Å². The molecule has 0 atom stereocenters. The molecule has 0 aliphatic rings. The normalized spacial score (nSPS) is 10.1. The summed E-state index contributed by atoms with van der Waals surface area (Å²) in [5.41, 5.74) is 5.67. The highest BCUT2D eigenvalue weighted by Gasteiger charge is 2.06. The lowest BCUT2D eigenvalue weighted by atomic mass is 10.2. The van der Waals surface area contributed by atoms with Gasteiger partial charge in [-0.1, -0.05) is 0 Å². The molecule has 1 rings (SSSR count). The fourth-order valence-corrected chi connectivity index (χ4v) is 0.986. The monoisotopic (exact) mass is 192 g/mol. The molecule has 0 aliphatic carbocycles. The third-order valence-electron chi connectivity index (χ3n) is 1.61. The number of nitrogens with zero attached hydrogens (tertiary/aromatic N) is 2. The first kappa shape index (κ1) is 10.0. The predicted molar refractivity (Wildman–Crippen MR) is 51.1 cm³/mol. The molecule has 0 saturated carbocycles. The Bertz CT molecular complexity index is 394. The molecule has 5 heteroatoms. The standard InChI is InChI=1S/C9H9FN4/c10-8-2-1-7(6-12)9(5-8)14(13)4-3-11/h1-5H,11,13H2/b4-3-. The zero-order valence-electron chi connectivity index (χ0n) is 7.31. The molecule has 0 spiro atoms. The third-order valence-corrected chi connectivity index (χ3v) is 1.61. The summed E-state index contributed by atoms with van der Waals surface area (Å²) in [7, 11) is 0. The number of halogens is 1. The Hall–Kier alpha value is -2.06. The van der Waals surface area contributed by atoms with Crippen molar-refractivity contribution in [2.24, 2.45) is 11.6 Å². The van der Waals surface area contributed by atoms with E-state index in [9.17, 15) is 4.39 Å². The Kier molecular flexibility index (Phi) is 3.05. The van der Waals surface area contributed by atoms with Gasteiger partial charge in [-0.2, -0.15) is 5.26 Å². The molecule has 72 valence electrons. The Balaban J connectivity index is 3.18. The molecule has 0 bridgehead atoms. The smallest absolute Gasteiger partial charge is 0.125 e. The molecular weight excluding hydrogens is 183 g/mol. The van der Waals surface area contributed by atoms with Crippen molar-refractivity contribution in [3.8, 4) is 6.07 Å². The second-order valence-electron chi connectivity index (χ2n) is 2.52. The van der Waals surface area contributed by atoms with Crippen molar-refractivity contribution in [3.63, 3.8) is 0 Å². The van der Waals surface area contributed by atoms with Gasteiger partial charge in [0.1, 0.15) is 11.9 Å². The second-order valence-corrected chi connectivity index (χ2v) is 2.52.